The second-order valence-corrected chi connectivity index (χ2v) is 6.06. The van der Waals surface area contributed by atoms with Gasteiger partial charge >= 0.3 is 5.97 Å². The number of benzene rings is 1. The summed E-state index contributed by atoms with van der Waals surface area (Å²) < 4.78 is 10.6. The topological polar surface area (TPSA) is 150 Å². The molecule has 2 aromatic heterocycles. The molecular formula is C19H15ClN6O3. The predicted molar refractivity (Wildman–Crippen MR) is 106 cm³/mol. The minimum Gasteiger partial charge on any atom is -0.462 e. The van der Waals surface area contributed by atoms with E-state index in [4.69, 9.17) is 32.5 Å². The van der Waals surface area contributed by atoms with Crippen LogP contribution in [0.3, 0.4) is 0 Å². The number of halogens is 1. The van der Waals surface area contributed by atoms with Crippen molar-refractivity contribution in [3.05, 3.63) is 52.7 Å². The summed E-state index contributed by atoms with van der Waals surface area (Å²) in [7, 11) is 0. The number of hydrogen-bond donors (Lipinski definition) is 2. The van der Waals surface area contributed by atoms with E-state index in [0.717, 1.165) is 0 Å². The first kappa shape index (κ1) is 19.9. The number of rotatable bonds is 5. The number of pyridine rings is 1. The lowest BCUT2D eigenvalue weighted by atomic mass is 10.1. The van der Waals surface area contributed by atoms with Gasteiger partial charge in [0.15, 0.2) is 0 Å². The Labute approximate surface area is 170 Å². The highest BCUT2D eigenvalue weighted by atomic mass is 35.5. The van der Waals surface area contributed by atoms with E-state index < -0.39 is 5.97 Å². The minimum atomic E-state index is -0.482. The summed E-state index contributed by atoms with van der Waals surface area (Å²) >= 11 is 6.32. The van der Waals surface area contributed by atoms with E-state index in [2.05, 4.69) is 15.0 Å². The first-order valence-corrected chi connectivity index (χ1v) is 8.74. The molecule has 3 rings (SSSR count). The first-order valence-electron chi connectivity index (χ1n) is 8.37. The lowest BCUT2D eigenvalue weighted by Crippen LogP contribution is -2.05. The Bertz CT molecular complexity index is 1130. The first-order chi connectivity index (χ1) is 13.9. The number of carbonyl (C=O) groups excluding carboxylic acids is 1. The van der Waals surface area contributed by atoms with Crippen molar-refractivity contribution in [2.24, 2.45) is 0 Å². The van der Waals surface area contributed by atoms with Crippen molar-refractivity contribution in [2.45, 2.75) is 6.92 Å². The van der Waals surface area contributed by atoms with Crippen LogP contribution in [0.5, 0.6) is 11.6 Å². The number of anilines is 2. The van der Waals surface area contributed by atoms with Crippen molar-refractivity contribution in [1.29, 1.82) is 5.26 Å². The summed E-state index contributed by atoms with van der Waals surface area (Å²) in [6.45, 7) is 1.97. The van der Waals surface area contributed by atoms with Gasteiger partial charge in [-0.05, 0) is 31.2 Å². The van der Waals surface area contributed by atoms with Crippen LogP contribution in [0.25, 0.3) is 11.3 Å². The fourth-order valence-electron chi connectivity index (χ4n) is 2.47. The molecule has 0 atom stereocenters. The third-order valence-corrected chi connectivity index (χ3v) is 4.03. The van der Waals surface area contributed by atoms with Gasteiger partial charge in [-0.2, -0.15) is 10.2 Å². The Morgan fingerprint density at radius 2 is 2.03 bits per heavy atom. The Balaban J connectivity index is 1.91. The van der Waals surface area contributed by atoms with Crippen LogP contribution in [0.1, 0.15) is 22.8 Å². The van der Waals surface area contributed by atoms with E-state index >= 15 is 0 Å². The standard InChI is InChI=1S/C19H15ClN6O3/c1-2-28-18(27)11-5-6-24-15(8-11)29-14-4-3-10(7-13(14)20)16-12(9-21)17(22)26-19(23)25-16/h3-8H,2H2,1H3,(H4,22,23,25,26). The van der Waals surface area contributed by atoms with Gasteiger partial charge in [0.05, 0.1) is 22.9 Å². The molecule has 0 saturated heterocycles. The molecule has 0 amide bonds. The molecule has 3 aromatic rings. The summed E-state index contributed by atoms with van der Waals surface area (Å²) in [5.41, 5.74) is 12.5. The SMILES string of the molecule is CCOC(=O)c1ccnc(Oc2ccc(-c3nc(N)nc(N)c3C#N)cc2Cl)c1. The van der Waals surface area contributed by atoms with E-state index in [-0.39, 0.29) is 46.3 Å². The van der Waals surface area contributed by atoms with Gasteiger partial charge in [-0.1, -0.05) is 11.6 Å². The van der Waals surface area contributed by atoms with Gasteiger partial charge in [0, 0.05) is 17.8 Å². The fraction of sp³-hybridized carbons (Fsp3) is 0.105. The summed E-state index contributed by atoms with van der Waals surface area (Å²) in [6, 6.07) is 9.68. The van der Waals surface area contributed by atoms with Gasteiger partial charge < -0.3 is 20.9 Å². The van der Waals surface area contributed by atoms with Gasteiger partial charge in [-0.3, -0.25) is 0 Å². The Kier molecular flexibility index (Phi) is 5.76. The minimum absolute atomic E-state index is 0.0218. The second kappa shape index (κ2) is 8.41. The molecule has 0 aliphatic carbocycles. The van der Waals surface area contributed by atoms with Crippen LogP contribution in [0.2, 0.25) is 5.02 Å². The third kappa shape index (κ3) is 4.34. The van der Waals surface area contributed by atoms with Crippen molar-refractivity contribution in [3.63, 3.8) is 0 Å². The van der Waals surface area contributed by atoms with Gasteiger partial charge in [-0.25, -0.2) is 14.8 Å². The summed E-state index contributed by atoms with van der Waals surface area (Å²) in [6.07, 6.45) is 1.43. The van der Waals surface area contributed by atoms with Crippen LogP contribution < -0.4 is 16.2 Å². The molecular weight excluding hydrogens is 396 g/mol. The smallest absolute Gasteiger partial charge is 0.338 e. The summed E-state index contributed by atoms with van der Waals surface area (Å²) in [4.78, 5) is 23.8. The van der Waals surface area contributed by atoms with E-state index in [1.54, 1.807) is 25.1 Å². The Hall–Kier alpha value is -3.90. The highest BCUT2D eigenvalue weighted by molar-refractivity contribution is 6.32. The normalized spacial score (nSPS) is 10.2. The quantitative estimate of drug-likeness (QED) is 0.604. The number of carbonyl (C=O) groups is 1. The molecule has 146 valence electrons. The number of hydrogen-bond acceptors (Lipinski definition) is 9. The van der Waals surface area contributed by atoms with Gasteiger partial charge in [-0.15, -0.1) is 0 Å². The summed E-state index contributed by atoms with van der Waals surface area (Å²) in [5.74, 6) is -0.112. The molecule has 2 heterocycles. The average molecular weight is 411 g/mol. The monoisotopic (exact) mass is 410 g/mol. The van der Waals surface area contributed by atoms with Crippen LogP contribution in [0.4, 0.5) is 11.8 Å². The fourth-order valence-corrected chi connectivity index (χ4v) is 2.68. The van der Waals surface area contributed by atoms with Crippen LogP contribution in [-0.4, -0.2) is 27.5 Å². The van der Waals surface area contributed by atoms with Gasteiger partial charge in [0.1, 0.15) is 23.2 Å². The lowest BCUT2D eigenvalue weighted by Gasteiger charge is -2.11. The number of nitrogens with zero attached hydrogens (tertiary/aromatic N) is 4. The number of nitriles is 1. The molecule has 0 radical (unpaired) electrons. The average Bonchev–Trinajstić information content (AvgIpc) is 2.69. The number of esters is 1. The van der Waals surface area contributed by atoms with E-state index in [1.807, 2.05) is 6.07 Å². The predicted octanol–water partition coefficient (Wildman–Crippen LogP) is 3.20. The van der Waals surface area contributed by atoms with Crippen LogP contribution in [0.15, 0.2) is 36.5 Å². The third-order valence-electron chi connectivity index (χ3n) is 3.73. The number of aromatic nitrogens is 3. The van der Waals surface area contributed by atoms with Crippen molar-refractivity contribution in [1.82, 2.24) is 15.0 Å². The van der Waals surface area contributed by atoms with E-state index in [0.29, 0.717) is 11.1 Å². The molecule has 29 heavy (non-hydrogen) atoms. The Morgan fingerprint density at radius 1 is 1.24 bits per heavy atom. The van der Waals surface area contributed by atoms with Gasteiger partial charge in [0.2, 0.25) is 11.8 Å². The zero-order chi connectivity index (χ0) is 21.0. The highest BCUT2D eigenvalue weighted by Gasteiger charge is 2.16. The molecule has 0 spiro atoms. The van der Waals surface area contributed by atoms with Gasteiger partial charge in [0.25, 0.3) is 0 Å². The van der Waals surface area contributed by atoms with Crippen molar-refractivity contribution in [3.8, 4) is 29.0 Å². The molecule has 0 bridgehead atoms. The maximum atomic E-state index is 11.8. The zero-order valence-electron chi connectivity index (χ0n) is 15.2. The molecule has 0 aliphatic rings. The number of nitrogen functional groups attached to an aromatic ring is 2. The highest BCUT2D eigenvalue weighted by Crippen LogP contribution is 2.34. The molecule has 4 N–H and O–H groups in total. The van der Waals surface area contributed by atoms with Crippen molar-refractivity contribution < 1.29 is 14.3 Å². The number of ether oxygens (including phenoxy) is 2. The van der Waals surface area contributed by atoms with E-state index in [1.165, 1.54) is 18.3 Å². The van der Waals surface area contributed by atoms with Crippen LogP contribution >= 0.6 is 11.6 Å². The molecule has 0 aliphatic heterocycles. The largest absolute Gasteiger partial charge is 0.462 e. The molecule has 1 aromatic carbocycles. The lowest BCUT2D eigenvalue weighted by molar-refractivity contribution is 0.0526. The molecule has 0 unspecified atom stereocenters. The second-order valence-electron chi connectivity index (χ2n) is 5.65. The molecule has 0 saturated carbocycles. The summed E-state index contributed by atoms with van der Waals surface area (Å²) in [5, 5.41) is 9.55. The maximum absolute atomic E-state index is 11.8. The zero-order valence-corrected chi connectivity index (χ0v) is 16.0. The van der Waals surface area contributed by atoms with Crippen molar-refractivity contribution in [2.75, 3.05) is 18.1 Å². The molecule has 9 nitrogen and oxygen atoms in total. The molecule has 10 heteroatoms. The van der Waals surface area contributed by atoms with Crippen LogP contribution in [-0.2, 0) is 4.74 Å². The van der Waals surface area contributed by atoms with E-state index in [9.17, 15) is 10.1 Å². The Morgan fingerprint density at radius 3 is 2.72 bits per heavy atom. The molecule has 0 fully saturated rings. The maximum Gasteiger partial charge on any atom is 0.338 e. The van der Waals surface area contributed by atoms with Crippen molar-refractivity contribution >= 4 is 29.3 Å². The number of nitrogens with two attached hydrogens (primary N) is 2. The van der Waals surface area contributed by atoms with Crippen LogP contribution in [0, 0.1) is 11.3 Å².